The first kappa shape index (κ1) is 14.0. The summed E-state index contributed by atoms with van der Waals surface area (Å²) < 4.78 is 5.52. The van der Waals surface area contributed by atoms with E-state index in [1.165, 1.54) is 5.56 Å². The summed E-state index contributed by atoms with van der Waals surface area (Å²) in [4.78, 5) is 14.2. The lowest BCUT2D eigenvalue weighted by Crippen LogP contribution is -2.40. The van der Waals surface area contributed by atoms with Gasteiger partial charge in [0.25, 0.3) is 5.91 Å². The van der Waals surface area contributed by atoms with Crippen molar-refractivity contribution in [1.29, 1.82) is 0 Å². The molecule has 1 aromatic carbocycles. The van der Waals surface area contributed by atoms with Crippen molar-refractivity contribution in [2.45, 2.75) is 31.9 Å². The summed E-state index contributed by atoms with van der Waals surface area (Å²) in [6.45, 7) is 3.38. The van der Waals surface area contributed by atoms with Gasteiger partial charge in [0.2, 0.25) is 0 Å². The largest absolute Gasteiger partial charge is 0.376 e. The molecule has 2 rings (SSSR count). The molecule has 1 saturated heterocycles. The molecule has 0 aromatic heterocycles. The van der Waals surface area contributed by atoms with Crippen LogP contribution >= 0.6 is 0 Å². The van der Waals surface area contributed by atoms with E-state index in [0.717, 1.165) is 25.0 Å². The van der Waals surface area contributed by atoms with Crippen molar-refractivity contribution in [3.8, 4) is 0 Å². The van der Waals surface area contributed by atoms with Gasteiger partial charge in [0.15, 0.2) is 0 Å². The van der Waals surface area contributed by atoms with Crippen LogP contribution in [0.25, 0.3) is 0 Å². The van der Waals surface area contributed by atoms with Crippen molar-refractivity contribution < 1.29 is 9.53 Å². The lowest BCUT2D eigenvalue weighted by atomic mass is 10.1. The summed E-state index contributed by atoms with van der Waals surface area (Å²) in [5, 5.41) is 0. The Bertz CT molecular complexity index is 430. The number of carbonyl (C=O) groups is 1. The number of nitrogens with zero attached hydrogens (tertiary/aromatic N) is 1. The minimum Gasteiger partial charge on any atom is -0.376 e. The van der Waals surface area contributed by atoms with E-state index < -0.39 is 0 Å². The van der Waals surface area contributed by atoms with Gasteiger partial charge in [-0.2, -0.15) is 0 Å². The van der Waals surface area contributed by atoms with Crippen LogP contribution in [0, 0.1) is 0 Å². The number of carbonyl (C=O) groups excluding carboxylic acids is 1. The van der Waals surface area contributed by atoms with Gasteiger partial charge >= 0.3 is 0 Å². The van der Waals surface area contributed by atoms with Crippen LogP contribution in [0.3, 0.4) is 0 Å². The average molecular weight is 262 g/mol. The predicted octanol–water partition coefficient (Wildman–Crippen LogP) is 1.44. The normalized spacial score (nSPS) is 22.5. The highest BCUT2D eigenvalue weighted by Crippen LogP contribution is 2.20. The Labute approximate surface area is 114 Å². The molecule has 2 N–H and O–H groups in total. The second-order valence-corrected chi connectivity index (χ2v) is 5.08. The molecule has 1 aromatic rings. The maximum Gasteiger partial charge on any atom is 0.253 e. The number of rotatable bonds is 4. The van der Waals surface area contributed by atoms with E-state index in [-0.39, 0.29) is 18.1 Å². The number of hydrogen-bond donors (Lipinski definition) is 1. The molecule has 19 heavy (non-hydrogen) atoms. The summed E-state index contributed by atoms with van der Waals surface area (Å²) in [7, 11) is 1.85. The van der Waals surface area contributed by atoms with Crippen molar-refractivity contribution in [1.82, 2.24) is 4.90 Å². The minimum absolute atomic E-state index is 0.0571. The number of benzene rings is 1. The fourth-order valence-corrected chi connectivity index (χ4v) is 2.56. The molecule has 0 aliphatic carbocycles. The molecule has 1 aliphatic heterocycles. The molecule has 0 saturated carbocycles. The third-order valence-electron chi connectivity index (χ3n) is 3.79. The van der Waals surface area contributed by atoms with Crippen LogP contribution in [0.5, 0.6) is 0 Å². The molecule has 0 bridgehead atoms. The monoisotopic (exact) mass is 262 g/mol. The topological polar surface area (TPSA) is 55.6 Å². The average Bonchev–Trinajstić information content (AvgIpc) is 2.84. The van der Waals surface area contributed by atoms with E-state index in [1.54, 1.807) is 4.90 Å². The number of ether oxygens (including phenoxy) is 1. The second kappa shape index (κ2) is 6.17. The highest BCUT2D eigenvalue weighted by molar-refractivity contribution is 5.94. The summed E-state index contributed by atoms with van der Waals surface area (Å²) in [5.41, 5.74) is 7.41. The van der Waals surface area contributed by atoms with Crippen LogP contribution in [0.1, 0.15) is 29.3 Å². The molecule has 0 spiro atoms. The van der Waals surface area contributed by atoms with Gasteiger partial charge in [-0.25, -0.2) is 0 Å². The third kappa shape index (κ3) is 3.14. The standard InChI is InChI=1S/C15H22N2O2/c1-11-14(8-10-19-11)17(2)15(18)13-5-3-12(4-6-13)7-9-16/h3-6,11,14H,7-10,16H2,1-2H3. The molecular formula is C15H22N2O2. The van der Waals surface area contributed by atoms with Gasteiger partial charge in [0.05, 0.1) is 12.1 Å². The quantitative estimate of drug-likeness (QED) is 0.893. The Kier molecular flexibility index (Phi) is 4.56. The molecule has 1 heterocycles. The first-order valence-electron chi connectivity index (χ1n) is 6.81. The molecule has 4 heteroatoms. The van der Waals surface area contributed by atoms with E-state index >= 15 is 0 Å². The molecular weight excluding hydrogens is 240 g/mol. The molecule has 0 radical (unpaired) electrons. The predicted molar refractivity (Wildman–Crippen MR) is 75.1 cm³/mol. The van der Waals surface area contributed by atoms with Gasteiger partial charge in [-0.15, -0.1) is 0 Å². The van der Waals surface area contributed by atoms with Crippen LogP contribution in [-0.4, -0.2) is 43.2 Å². The Balaban J connectivity index is 2.06. The van der Waals surface area contributed by atoms with E-state index in [0.29, 0.717) is 6.54 Å². The lowest BCUT2D eigenvalue weighted by Gasteiger charge is -2.26. The van der Waals surface area contributed by atoms with E-state index in [9.17, 15) is 4.79 Å². The fraction of sp³-hybridized carbons (Fsp3) is 0.533. The molecule has 2 unspecified atom stereocenters. The third-order valence-corrected chi connectivity index (χ3v) is 3.79. The fourth-order valence-electron chi connectivity index (χ4n) is 2.56. The maximum absolute atomic E-state index is 12.4. The zero-order valence-electron chi connectivity index (χ0n) is 11.6. The number of likely N-dealkylation sites (N-methyl/N-ethyl adjacent to an activating group) is 1. The van der Waals surface area contributed by atoms with Crippen molar-refractivity contribution in [3.05, 3.63) is 35.4 Å². The Morgan fingerprint density at radius 1 is 1.42 bits per heavy atom. The Morgan fingerprint density at radius 2 is 2.11 bits per heavy atom. The molecule has 4 nitrogen and oxygen atoms in total. The highest BCUT2D eigenvalue weighted by Gasteiger charge is 2.30. The molecule has 104 valence electrons. The Hall–Kier alpha value is -1.39. The SMILES string of the molecule is CC1OCCC1N(C)C(=O)c1ccc(CCN)cc1. The van der Waals surface area contributed by atoms with Crippen LogP contribution < -0.4 is 5.73 Å². The zero-order valence-corrected chi connectivity index (χ0v) is 11.6. The van der Waals surface area contributed by atoms with Crippen molar-refractivity contribution in [2.75, 3.05) is 20.2 Å². The van der Waals surface area contributed by atoms with Crippen molar-refractivity contribution >= 4 is 5.91 Å². The van der Waals surface area contributed by atoms with Crippen LogP contribution in [0.15, 0.2) is 24.3 Å². The first-order chi connectivity index (χ1) is 9.13. The molecule has 1 amide bonds. The van der Waals surface area contributed by atoms with Gasteiger partial charge < -0.3 is 15.4 Å². The van der Waals surface area contributed by atoms with Gasteiger partial charge in [-0.3, -0.25) is 4.79 Å². The second-order valence-electron chi connectivity index (χ2n) is 5.08. The number of nitrogens with two attached hydrogens (primary N) is 1. The summed E-state index contributed by atoms with van der Waals surface area (Å²) >= 11 is 0. The van der Waals surface area contributed by atoms with Crippen LogP contribution in [0.4, 0.5) is 0 Å². The number of hydrogen-bond acceptors (Lipinski definition) is 3. The zero-order chi connectivity index (χ0) is 13.8. The van der Waals surface area contributed by atoms with Crippen molar-refractivity contribution in [2.24, 2.45) is 5.73 Å². The van der Waals surface area contributed by atoms with Gasteiger partial charge in [0, 0.05) is 19.2 Å². The van der Waals surface area contributed by atoms with E-state index in [1.807, 2.05) is 38.2 Å². The van der Waals surface area contributed by atoms with Crippen LogP contribution in [-0.2, 0) is 11.2 Å². The number of amides is 1. The van der Waals surface area contributed by atoms with Gasteiger partial charge in [-0.05, 0) is 44.0 Å². The molecule has 1 aliphatic rings. The van der Waals surface area contributed by atoms with E-state index in [2.05, 4.69) is 0 Å². The highest BCUT2D eigenvalue weighted by atomic mass is 16.5. The van der Waals surface area contributed by atoms with Crippen molar-refractivity contribution in [3.63, 3.8) is 0 Å². The lowest BCUT2D eigenvalue weighted by molar-refractivity contribution is 0.0574. The molecule has 1 fully saturated rings. The minimum atomic E-state index is 0.0571. The maximum atomic E-state index is 12.4. The summed E-state index contributed by atoms with van der Waals surface area (Å²) in [6.07, 6.45) is 1.87. The summed E-state index contributed by atoms with van der Waals surface area (Å²) in [5.74, 6) is 0.0571. The van der Waals surface area contributed by atoms with Gasteiger partial charge in [-0.1, -0.05) is 12.1 Å². The molecule has 2 atom stereocenters. The van der Waals surface area contributed by atoms with E-state index in [4.69, 9.17) is 10.5 Å². The Morgan fingerprint density at radius 3 is 2.63 bits per heavy atom. The summed E-state index contributed by atoms with van der Waals surface area (Å²) in [6, 6.07) is 7.89. The smallest absolute Gasteiger partial charge is 0.253 e. The van der Waals surface area contributed by atoms with Gasteiger partial charge in [0.1, 0.15) is 0 Å². The van der Waals surface area contributed by atoms with Crippen LogP contribution in [0.2, 0.25) is 0 Å². The first-order valence-corrected chi connectivity index (χ1v) is 6.81.